The average Bonchev–Trinajstić information content (AvgIpc) is 3.01. The van der Waals surface area contributed by atoms with Crippen LogP contribution in [0.3, 0.4) is 0 Å². The highest BCUT2D eigenvalue weighted by Crippen LogP contribution is 2.44. The molecule has 0 spiro atoms. The van der Waals surface area contributed by atoms with Crippen LogP contribution in [-0.2, 0) is 15.0 Å². The lowest BCUT2D eigenvalue weighted by molar-refractivity contribution is -0.161. The normalized spacial score (nSPS) is 17.9. The predicted octanol–water partition coefficient (Wildman–Crippen LogP) is 3.44. The van der Waals surface area contributed by atoms with Gasteiger partial charge >= 0.3 is 17.8 Å². The van der Waals surface area contributed by atoms with E-state index < -0.39 is 60.0 Å². The number of nitrogens with one attached hydrogen (secondary N) is 1. The second kappa shape index (κ2) is 12.4. The van der Waals surface area contributed by atoms with Crippen LogP contribution in [0.2, 0.25) is 0 Å². The summed E-state index contributed by atoms with van der Waals surface area (Å²) in [5.41, 5.74) is -1.26. The van der Waals surface area contributed by atoms with Crippen molar-refractivity contribution in [3.8, 4) is 0 Å². The first-order valence-corrected chi connectivity index (χ1v) is 13.4. The van der Waals surface area contributed by atoms with Crippen molar-refractivity contribution >= 4 is 5.97 Å². The van der Waals surface area contributed by atoms with Gasteiger partial charge in [-0.2, -0.15) is 13.2 Å². The number of carbonyl (C=O) groups is 1. The molecule has 2 heterocycles. The molecule has 0 amide bonds. The summed E-state index contributed by atoms with van der Waals surface area (Å²) >= 11 is 0. The third-order valence-electron chi connectivity index (χ3n) is 7.27. The highest BCUT2D eigenvalue weighted by atomic mass is 19.4. The van der Waals surface area contributed by atoms with Crippen molar-refractivity contribution in [3.63, 3.8) is 0 Å². The van der Waals surface area contributed by atoms with E-state index in [9.17, 15) is 32.7 Å². The summed E-state index contributed by atoms with van der Waals surface area (Å²) in [5, 5.41) is 10.3. The third-order valence-corrected chi connectivity index (χ3v) is 7.27. The molecule has 0 saturated carbocycles. The van der Waals surface area contributed by atoms with E-state index in [1.165, 1.54) is 0 Å². The minimum Gasteiger partial charge on any atom is -0.452 e. The minimum absolute atomic E-state index is 0.0121. The number of alkyl halides is 3. The lowest BCUT2D eigenvalue weighted by Crippen LogP contribution is -2.58. The number of aliphatic hydroxyl groups excluding tert-OH is 1. The standard InChI is InChI=1S/C31H28F3N3O6/c32-30(33,34)20-42-28(40)25-17-37(29(41)35-27(25)39)26-18-36(16-24(19-38)43-26)31(21-10-4-1-5-11-21,22-12-6-2-7-13-22)23-14-8-3-9-15-23/h1-15,17,24,26,38H,16,18-20H2,(H,35,39,41)/t24-,26+/m0/s1. The SMILES string of the molecule is O=C(OCC(F)(F)F)c1cn([C@H]2CN(C(c3ccccc3)(c3ccccc3)c3ccccc3)C[C@@H](CO)O2)c(=O)[nH]c1=O. The Morgan fingerprint density at radius 3 is 1.86 bits per heavy atom. The maximum atomic E-state index is 13.0. The molecule has 4 aromatic rings. The zero-order valence-electron chi connectivity index (χ0n) is 22.7. The largest absolute Gasteiger partial charge is 0.452 e. The number of H-pyrrole nitrogens is 1. The summed E-state index contributed by atoms with van der Waals surface area (Å²) in [4.78, 5) is 41.8. The highest BCUT2D eigenvalue weighted by Gasteiger charge is 2.46. The summed E-state index contributed by atoms with van der Waals surface area (Å²) in [7, 11) is 0. The molecule has 9 nitrogen and oxygen atoms in total. The molecule has 5 rings (SSSR count). The quantitative estimate of drug-likeness (QED) is 0.237. The monoisotopic (exact) mass is 595 g/mol. The number of benzene rings is 3. The lowest BCUT2D eigenvalue weighted by Gasteiger charge is -2.50. The highest BCUT2D eigenvalue weighted by molar-refractivity contribution is 5.88. The topological polar surface area (TPSA) is 114 Å². The van der Waals surface area contributed by atoms with Crippen molar-refractivity contribution in [2.24, 2.45) is 0 Å². The minimum atomic E-state index is -4.81. The van der Waals surface area contributed by atoms with E-state index in [2.05, 4.69) is 4.74 Å². The molecule has 224 valence electrons. The molecular weight excluding hydrogens is 567 g/mol. The van der Waals surface area contributed by atoms with Gasteiger partial charge in [0.1, 0.15) is 5.56 Å². The van der Waals surface area contributed by atoms with Gasteiger partial charge in [0, 0.05) is 19.3 Å². The van der Waals surface area contributed by atoms with E-state index >= 15 is 0 Å². The van der Waals surface area contributed by atoms with Crippen molar-refractivity contribution in [2.45, 2.75) is 24.0 Å². The van der Waals surface area contributed by atoms with Gasteiger partial charge in [-0.15, -0.1) is 0 Å². The van der Waals surface area contributed by atoms with Gasteiger partial charge in [0.25, 0.3) is 5.56 Å². The Bertz CT molecular complexity index is 1560. The molecule has 3 aromatic carbocycles. The van der Waals surface area contributed by atoms with E-state index in [1.54, 1.807) is 0 Å². The van der Waals surface area contributed by atoms with Crippen LogP contribution in [0.25, 0.3) is 0 Å². The fourth-order valence-electron chi connectivity index (χ4n) is 5.50. The van der Waals surface area contributed by atoms with Gasteiger partial charge in [-0.05, 0) is 16.7 Å². The summed E-state index contributed by atoms with van der Waals surface area (Å²) in [6.07, 6.45) is -5.97. The number of esters is 1. The van der Waals surface area contributed by atoms with Crippen LogP contribution in [0, 0.1) is 0 Å². The smallest absolute Gasteiger partial charge is 0.422 e. The van der Waals surface area contributed by atoms with Crippen LogP contribution >= 0.6 is 0 Å². The molecule has 0 unspecified atom stereocenters. The van der Waals surface area contributed by atoms with Crippen LogP contribution in [0.5, 0.6) is 0 Å². The van der Waals surface area contributed by atoms with Crippen molar-refractivity contribution in [2.75, 3.05) is 26.3 Å². The third kappa shape index (κ3) is 6.17. The number of nitrogens with zero attached hydrogens (tertiary/aromatic N) is 2. The number of aromatic nitrogens is 2. The number of hydrogen-bond donors (Lipinski definition) is 2. The summed E-state index contributed by atoms with van der Waals surface area (Å²) in [6, 6.07) is 28.9. The van der Waals surface area contributed by atoms with Gasteiger partial charge in [0.15, 0.2) is 12.8 Å². The molecular formula is C31H28F3N3O6. The van der Waals surface area contributed by atoms with E-state index in [4.69, 9.17) is 4.74 Å². The second-order valence-corrected chi connectivity index (χ2v) is 10.0. The maximum absolute atomic E-state index is 13.0. The van der Waals surface area contributed by atoms with Crippen molar-refractivity contribution in [3.05, 3.63) is 140 Å². The van der Waals surface area contributed by atoms with Crippen LogP contribution in [0.15, 0.2) is 107 Å². The molecule has 2 N–H and O–H groups in total. The van der Waals surface area contributed by atoms with Crippen LogP contribution in [-0.4, -0.2) is 64.1 Å². The lowest BCUT2D eigenvalue weighted by atomic mass is 9.75. The zero-order valence-corrected chi connectivity index (χ0v) is 22.7. The number of hydrogen-bond acceptors (Lipinski definition) is 7. The van der Waals surface area contributed by atoms with Crippen LogP contribution in [0.1, 0.15) is 33.3 Å². The van der Waals surface area contributed by atoms with Crippen molar-refractivity contribution in [1.82, 2.24) is 14.5 Å². The Balaban J connectivity index is 1.65. The number of ether oxygens (including phenoxy) is 2. The predicted molar refractivity (Wildman–Crippen MR) is 149 cm³/mol. The molecule has 1 saturated heterocycles. The number of morpholine rings is 1. The van der Waals surface area contributed by atoms with E-state index in [-0.39, 0.29) is 13.1 Å². The molecule has 1 aliphatic rings. The summed E-state index contributed by atoms with van der Waals surface area (Å²) < 4.78 is 49.2. The average molecular weight is 596 g/mol. The first-order valence-electron chi connectivity index (χ1n) is 13.4. The van der Waals surface area contributed by atoms with Crippen LogP contribution < -0.4 is 11.2 Å². The number of halogens is 3. The first-order chi connectivity index (χ1) is 20.6. The van der Waals surface area contributed by atoms with Gasteiger partial charge in [-0.3, -0.25) is 19.2 Å². The number of aromatic amines is 1. The van der Waals surface area contributed by atoms with E-state index in [0.717, 1.165) is 27.5 Å². The number of aliphatic hydroxyl groups is 1. The molecule has 1 aromatic heterocycles. The Morgan fingerprint density at radius 1 is 0.884 bits per heavy atom. The number of carbonyl (C=O) groups excluding carboxylic acids is 1. The summed E-state index contributed by atoms with van der Waals surface area (Å²) in [6.45, 7) is -2.11. The molecule has 12 heteroatoms. The second-order valence-electron chi connectivity index (χ2n) is 10.0. The van der Waals surface area contributed by atoms with E-state index in [1.807, 2.05) is 101 Å². The zero-order chi connectivity index (χ0) is 30.6. The molecule has 0 aliphatic carbocycles. The van der Waals surface area contributed by atoms with Gasteiger partial charge in [0.05, 0.1) is 18.2 Å². The fraction of sp³-hybridized carbons (Fsp3) is 0.258. The van der Waals surface area contributed by atoms with Crippen molar-refractivity contribution < 1.29 is 32.5 Å². The summed E-state index contributed by atoms with van der Waals surface area (Å²) in [5.74, 6) is -1.55. The molecule has 2 atom stereocenters. The van der Waals surface area contributed by atoms with Gasteiger partial charge < -0.3 is 14.6 Å². The molecule has 1 aliphatic heterocycles. The van der Waals surface area contributed by atoms with Gasteiger partial charge in [-0.25, -0.2) is 9.59 Å². The fourth-order valence-corrected chi connectivity index (χ4v) is 5.50. The van der Waals surface area contributed by atoms with Crippen LogP contribution in [0.4, 0.5) is 13.2 Å². The Labute approximate surface area is 243 Å². The Morgan fingerprint density at radius 2 is 1.40 bits per heavy atom. The van der Waals surface area contributed by atoms with E-state index in [0.29, 0.717) is 0 Å². The Hall–Kier alpha value is -4.52. The molecule has 1 fully saturated rings. The van der Waals surface area contributed by atoms with Gasteiger partial charge in [0.2, 0.25) is 0 Å². The molecule has 0 bridgehead atoms. The molecule has 0 radical (unpaired) electrons. The van der Waals surface area contributed by atoms with Crippen molar-refractivity contribution in [1.29, 1.82) is 0 Å². The maximum Gasteiger partial charge on any atom is 0.422 e. The molecule has 43 heavy (non-hydrogen) atoms. The first kappa shape index (κ1) is 30.0. The van der Waals surface area contributed by atoms with Gasteiger partial charge in [-0.1, -0.05) is 91.0 Å². The number of rotatable bonds is 8. The Kier molecular flexibility index (Phi) is 8.62.